The summed E-state index contributed by atoms with van der Waals surface area (Å²) >= 11 is 5.92. The molecule has 0 saturated heterocycles. The Balaban J connectivity index is 1.74. The minimum atomic E-state index is 0.330. The van der Waals surface area contributed by atoms with Crippen LogP contribution >= 0.6 is 11.6 Å². The topological polar surface area (TPSA) is 23.5 Å². The molecule has 1 heterocycles. The summed E-state index contributed by atoms with van der Waals surface area (Å²) in [4.78, 5) is 2.51. The molecule has 0 bridgehead atoms. The second kappa shape index (κ2) is 8.46. The van der Waals surface area contributed by atoms with Gasteiger partial charge in [-0.2, -0.15) is 0 Å². The Morgan fingerprint density at radius 2 is 1.80 bits per heavy atom. The van der Waals surface area contributed by atoms with Crippen molar-refractivity contribution in [3.63, 3.8) is 0 Å². The Bertz CT molecular complexity index is 427. The molecule has 1 aliphatic rings. The molecule has 0 spiro atoms. The lowest BCUT2D eigenvalue weighted by Crippen LogP contribution is -2.29. The van der Waals surface area contributed by atoms with Gasteiger partial charge in [-0.3, -0.25) is 4.90 Å². The van der Waals surface area contributed by atoms with Gasteiger partial charge in [0, 0.05) is 24.7 Å². The van der Waals surface area contributed by atoms with Gasteiger partial charge in [0.2, 0.25) is 0 Å². The highest BCUT2D eigenvalue weighted by molar-refractivity contribution is 6.30. The Kier molecular flexibility index (Phi) is 6.58. The average Bonchev–Trinajstić information content (AvgIpc) is 2.49. The van der Waals surface area contributed by atoms with Gasteiger partial charge in [0.05, 0.1) is 0 Å². The number of benzene rings is 1. The highest BCUT2D eigenvalue weighted by Gasteiger charge is 2.12. The molecule has 20 heavy (non-hydrogen) atoms. The quantitative estimate of drug-likeness (QED) is 0.769. The average molecular weight is 294 g/mol. The summed E-state index contributed by atoms with van der Waals surface area (Å²) in [6, 6.07) is 8.15. The Morgan fingerprint density at radius 1 is 1.05 bits per heavy atom. The summed E-state index contributed by atoms with van der Waals surface area (Å²) in [7, 11) is 0. The van der Waals surface area contributed by atoms with E-state index in [1.165, 1.54) is 30.5 Å². The minimum absolute atomic E-state index is 0.330. The van der Waals surface area contributed by atoms with Crippen molar-refractivity contribution in [1.29, 1.82) is 0 Å². The predicted molar refractivity (Wildman–Crippen MR) is 86.0 cm³/mol. The largest absolute Gasteiger partial charge is 0.396 e. The van der Waals surface area contributed by atoms with Crippen LogP contribution in [0.25, 0.3) is 5.57 Å². The van der Waals surface area contributed by atoms with Crippen molar-refractivity contribution in [3.05, 3.63) is 40.9 Å². The highest BCUT2D eigenvalue weighted by atomic mass is 35.5. The molecule has 0 saturated carbocycles. The maximum atomic E-state index is 8.74. The van der Waals surface area contributed by atoms with E-state index in [0.29, 0.717) is 6.61 Å². The lowest BCUT2D eigenvalue weighted by Gasteiger charge is -2.26. The van der Waals surface area contributed by atoms with E-state index in [4.69, 9.17) is 16.7 Å². The van der Waals surface area contributed by atoms with Crippen molar-refractivity contribution in [2.45, 2.75) is 32.1 Å². The summed E-state index contributed by atoms with van der Waals surface area (Å²) in [5.74, 6) is 0. The van der Waals surface area contributed by atoms with Crippen LogP contribution < -0.4 is 0 Å². The van der Waals surface area contributed by atoms with Gasteiger partial charge in [-0.05, 0) is 49.1 Å². The van der Waals surface area contributed by atoms with E-state index in [9.17, 15) is 0 Å². The van der Waals surface area contributed by atoms with Crippen LogP contribution in [0, 0.1) is 0 Å². The number of hydrogen-bond donors (Lipinski definition) is 1. The van der Waals surface area contributed by atoms with Crippen LogP contribution in [0.3, 0.4) is 0 Å². The molecule has 0 fully saturated rings. The molecule has 0 radical (unpaired) electrons. The fourth-order valence-electron chi connectivity index (χ4n) is 2.64. The molecule has 0 atom stereocenters. The third-order valence-corrected chi connectivity index (χ3v) is 4.14. The maximum absolute atomic E-state index is 8.74. The molecule has 1 aromatic carbocycles. The minimum Gasteiger partial charge on any atom is -0.396 e. The second-order valence-corrected chi connectivity index (χ2v) is 5.86. The first kappa shape index (κ1) is 15.6. The molecule has 0 aromatic heterocycles. The van der Waals surface area contributed by atoms with E-state index in [1.54, 1.807) is 0 Å². The monoisotopic (exact) mass is 293 g/mol. The van der Waals surface area contributed by atoms with Gasteiger partial charge >= 0.3 is 0 Å². The number of rotatable bonds is 7. The summed E-state index contributed by atoms with van der Waals surface area (Å²) in [6.07, 6.45) is 8.03. The van der Waals surface area contributed by atoms with Crippen molar-refractivity contribution in [2.24, 2.45) is 0 Å². The molecular weight excluding hydrogens is 270 g/mol. The summed E-state index contributed by atoms with van der Waals surface area (Å²) < 4.78 is 0. The summed E-state index contributed by atoms with van der Waals surface area (Å²) in [5, 5.41) is 9.54. The van der Waals surface area contributed by atoms with Crippen molar-refractivity contribution in [1.82, 2.24) is 4.90 Å². The third-order valence-electron chi connectivity index (χ3n) is 3.89. The second-order valence-electron chi connectivity index (χ2n) is 5.42. The molecular formula is C17H24ClNO. The van der Waals surface area contributed by atoms with Gasteiger partial charge in [0.25, 0.3) is 0 Å². The van der Waals surface area contributed by atoms with Gasteiger partial charge in [0.15, 0.2) is 0 Å². The van der Waals surface area contributed by atoms with E-state index in [1.807, 2.05) is 12.1 Å². The van der Waals surface area contributed by atoms with Crippen LogP contribution in [0.5, 0.6) is 0 Å². The van der Waals surface area contributed by atoms with Crippen molar-refractivity contribution < 1.29 is 5.11 Å². The standard InChI is InChI=1S/C17H24ClNO/c18-17-7-5-15(6-8-17)16-9-12-19(13-10-16)11-3-1-2-4-14-20/h5-9,20H,1-4,10-14H2. The molecule has 0 aliphatic carbocycles. The van der Waals surface area contributed by atoms with Crippen LogP contribution in [0.1, 0.15) is 37.7 Å². The molecule has 2 rings (SSSR count). The van der Waals surface area contributed by atoms with Gasteiger partial charge in [-0.1, -0.05) is 42.7 Å². The number of unbranched alkanes of at least 4 members (excludes halogenated alkanes) is 3. The van der Waals surface area contributed by atoms with Crippen LogP contribution in [-0.2, 0) is 0 Å². The molecule has 1 aliphatic heterocycles. The van der Waals surface area contributed by atoms with Crippen molar-refractivity contribution >= 4 is 17.2 Å². The summed E-state index contributed by atoms with van der Waals surface area (Å²) in [6.45, 7) is 3.71. The van der Waals surface area contributed by atoms with E-state index in [-0.39, 0.29) is 0 Å². The molecule has 2 nitrogen and oxygen atoms in total. The highest BCUT2D eigenvalue weighted by Crippen LogP contribution is 2.23. The van der Waals surface area contributed by atoms with Crippen LogP contribution in [-0.4, -0.2) is 36.2 Å². The van der Waals surface area contributed by atoms with Crippen molar-refractivity contribution in [3.8, 4) is 0 Å². The zero-order valence-electron chi connectivity index (χ0n) is 12.0. The molecule has 3 heteroatoms. The predicted octanol–water partition coefficient (Wildman–Crippen LogP) is 3.98. The fraction of sp³-hybridized carbons (Fsp3) is 0.529. The first-order chi connectivity index (χ1) is 9.79. The molecule has 0 unspecified atom stereocenters. The van der Waals surface area contributed by atoms with Gasteiger partial charge in [-0.25, -0.2) is 0 Å². The van der Waals surface area contributed by atoms with E-state index in [0.717, 1.165) is 37.4 Å². The fourth-order valence-corrected chi connectivity index (χ4v) is 2.77. The van der Waals surface area contributed by atoms with Crippen LogP contribution in [0.15, 0.2) is 30.3 Å². The first-order valence-corrected chi connectivity index (χ1v) is 7.95. The number of aliphatic hydroxyl groups excluding tert-OH is 1. The lowest BCUT2D eigenvalue weighted by atomic mass is 9.99. The van der Waals surface area contributed by atoms with Crippen LogP contribution in [0.2, 0.25) is 5.02 Å². The molecule has 0 amide bonds. The SMILES string of the molecule is OCCCCCCN1CC=C(c2ccc(Cl)cc2)CC1. The Labute approximate surface area is 127 Å². The third kappa shape index (κ3) is 4.93. The van der Waals surface area contributed by atoms with E-state index < -0.39 is 0 Å². The smallest absolute Gasteiger partial charge is 0.0431 e. The first-order valence-electron chi connectivity index (χ1n) is 7.58. The van der Waals surface area contributed by atoms with E-state index >= 15 is 0 Å². The van der Waals surface area contributed by atoms with Crippen molar-refractivity contribution in [2.75, 3.05) is 26.2 Å². The molecule has 110 valence electrons. The van der Waals surface area contributed by atoms with Gasteiger partial charge in [-0.15, -0.1) is 0 Å². The lowest BCUT2D eigenvalue weighted by molar-refractivity contribution is 0.272. The van der Waals surface area contributed by atoms with Crippen LogP contribution in [0.4, 0.5) is 0 Å². The Hall–Kier alpha value is -0.830. The molecule has 1 aromatic rings. The zero-order chi connectivity index (χ0) is 14.2. The zero-order valence-corrected chi connectivity index (χ0v) is 12.8. The number of aliphatic hydroxyl groups is 1. The maximum Gasteiger partial charge on any atom is 0.0431 e. The van der Waals surface area contributed by atoms with E-state index in [2.05, 4.69) is 23.1 Å². The summed E-state index contributed by atoms with van der Waals surface area (Å²) in [5.41, 5.74) is 2.75. The van der Waals surface area contributed by atoms with Gasteiger partial charge in [0.1, 0.15) is 0 Å². The number of halogens is 1. The normalized spacial score (nSPS) is 16.2. The number of hydrogen-bond acceptors (Lipinski definition) is 2. The Morgan fingerprint density at radius 3 is 2.45 bits per heavy atom. The number of nitrogens with zero attached hydrogens (tertiary/aromatic N) is 1. The van der Waals surface area contributed by atoms with Gasteiger partial charge < -0.3 is 5.11 Å². The molecule has 1 N–H and O–H groups in total.